The van der Waals surface area contributed by atoms with E-state index in [1.54, 1.807) is 0 Å². The normalized spacial score (nSPS) is 15.4. The summed E-state index contributed by atoms with van der Waals surface area (Å²) in [5, 5.41) is 11.1. The van der Waals surface area contributed by atoms with Crippen molar-refractivity contribution in [3.05, 3.63) is 69.8 Å². The standard InChI is InChI=1S/C17H15F2N3O5S/c18-12-5-6-13(14(19)11-12)17(23)20-7-9-21(10-8-20)28(26,27)16-4-2-1-3-15(16)22(24)25/h1-6,11H,7-10H2. The van der Waals surface area contributed by atoms with Gasteiger partial charge in [-0.15, -0.1) is 0 Å². The van der Waals surface area contributed by atoms with Gasteiger partial charge in [-0.3, -0.25) is 14.9 Å². The zero-order valence-electron chi connectivity index (χ0n) is 14.4. The smallest absolute Gasteiger partial charge is 0.289 e. The number of piperazine rings is 1. The maximum atomic E-state index is 13.8. The van der Waals surface area contributed by atoms with E-state index in [-0.39, 0.29) is 31.7 Å². The van der Waals surface area contributed by atoms with Crippen LogP contribution in [0.2, 0.25) is 0 Å². The third-order valence-electron chi connectivity index (χ3n) is 4.37. The lowest BCUT2D eigenvalue weighted by molar-refractivity contribution is -0.387. The Kier molecular flexibility index (Phi) is 5.38. The van der Waals surface area contributed by atoms with Crippen LogP contribution in [0.4, 0.5) is 14.5 Å². The second kappa shape index (κ2) is 7.60. The van der Waals surface area contributed by atoms with Crippen LogP contribution in [-0.2, 0) is 10.0 Å². The second-order valence-corrected chi connectivity index (χ2v) is 7.95. The summed E-state index contributed by atoms with van der Waals surface area (Å²) in [5.74, 6) is -2.49. The fraction of sp³-hybridized carbons (Fsp3) is 0.235. The lowest BCUT2D eigenvalue weighted by Gasteiger charge is -2.34. The van der Waals surface area contributed by atoms with Crippen LogP contribution in [0, 0.1) is 21.7 Å². The first-order valence-corrected chi connectivity index (χ1v) is 9.63. The highest BCUT2D eigenvalue weighted by Gasteiger charge is 2.34. The monoisotopic (exact) mass is 411 g/mol. The van der Waals surface area contributed by atoms with Gasteiger partial charge in [-0.05, 0) is 18.2 Å². The molecule has 0 atom stereocenters. The van der Waals surface area contributed by atoms with Crippen molar-refractivity contribution in [2.45, 2.75) is 4.90 Å². The summed E-state index contributed by atoms with van der Waals surface area (Å²) in [6.45, 7) is -0.281. The molecule has 1 saturated heterocycles. The van der Waals surface area contributed by atoms with E-state index in [1.165, 1.54) is 17.0 Å². The number of rotatable bonds is 4. The maximum absolute atomic E-state index is 13.8. The molecule has 0 saturated carbocycles. The molecule has 8 nitrogen and oxygen atoms in total. The third-order valence-corrected chi connectivity index (χ3v) is 6.31. The Bertz CT molecular complexity index is 1040. The van der Waals surface area contributed by atoms with Crippen molar-refractivity contribution >= 4 is 21.6 Å². The Balaban J connectivity index is 1.76. The predicted octanol–water partition coefficient (Wildman–Crippen LogP) is 2.02. The van der Waals surface area contributed by atoms with Crippen molar-refractivity contribution in [1.29, 1.82) is 0 Å². The van der Waals surface area contributed by atoms with Gasteiger partial charge in [-0.1, -0.05) is 12.1 Å². The minimum Gasteiger partial charge on any atom is -0.336 e. The van der Waals surface area contributed by atoms with Crippen molar-refractivity contribution in [3.63, 3.8) is 0 Å². The van der Waals surface area contributed by atoms with Crippen LogP contribution in [0.25, 0.3) is 0 Å². The zero-order valence-corrected chi connectivity index (χ0v) is 15.2. The molecule has 1 amide bonds. The summed E-state index contributed by atoms with van der Waals surface area (Å²) in [6, 6.07) is 7.60. The second-order valence-electron chi connectivity index (χ2n) is 6.05. The molecule has 1 fully saturated rings. The minimum atomic E-state index is -4.14. The van der Waals surface area contributed by atoms with Crippen molar-refractivity contribution in [1.82, 2.24) is 9.21 Å². The predicted molar refractivity (Wildman–Crippen MR) is 94.1 cm³/mol. The zero-order chi connectivity index (χ0) is 20.5. The first-order chi connectivity index (χ1) is 13.2. The molecular weight excluding hydrogens is 396 g/mol. The van der Waals surface area contributed by atoms with Gasteiger partial charge in [0.05, 0.1) is 10.5 Å². The maximum Gasteiger partial charge on any atom is 0.289 e. The van der Waals surface area contributed by atoms with Crippen molar-refractivity contribution in [2.24, 2.45) is 0 Å². The fourth-order valence-corrected chi connectivity index (χ4v) is 4.51. The molecule has 0 N–H and O–H groups in total. The van der Waals surface area contributed by atoms with Crippen LogP contribution in [0.1, 0.15) is 10.4 Å². The van der Waals surface area contributed by atoms with Gasteiger partial charge in [0, 0.05) is 38.3 Å². The highest BCUT2D eigenvalue weighted by Crippen LogP contribution is 2.27. The number of carbonyl (C=O) groups excluding carboxylic acids is 1. The summed E-state index contributed by atoms with van der Waals surface area (Å²) in [5.41, 5.74) is -0.842. The van der Waals surface area contributed by atoms with Gasteiger partial charge in [0.2, 0.25) is 10.0 Å². The molecule has 0 spiro atoms. The first kappa shape index (κ1) is 19.8. The summed E-state index contributed by atoms with van der Waals surface area (Å²) < 4.78 is 53.4. The van der Waals surface area contributed by atoms with Crippen LogP contribution in [0.15, 0.2) is 47.4 Å². The topological polar surface area (TPSA) is 101 Å². The molecule has 0 radical (unpaired) electrons. The molecule has 1 heterocycles. The van der Waals surface area contributed by atoms with Gasteiger partial charge in [0.15, 0.2) is 4.90 Å². The summed E-state index contributed by atoms with van der Waals surface area (Å²) in [6.07, 6.45) is 0. The number of hydrogen-bond donors (Lipinski definition) is 0. The molecule has 2 aromatic carbocycles. The number of halogens is 2. The van der Waals surface area contributed by atoms with Gasteiger partial charge in [0.1, 0.15) is 11.6 Å². The van der Waals surface area contributed by atoms with Gasteiger partial charge < -0.3 is 4.90 Å². The fourth-order valence-electron chi connectivity index (χ4n) is 2.93. The summed E-state index contributed by atoms with van der Waals surface area (Å²) >= 11 is 0. The molecule has 2 aromatic rings. The van der Waals surface area contributed by atoms with E-state index in [9.17, 15) is 32.1 Å². The number of nitrogens with zero attached hydrogens (tertiary/aromatic N) is 3. The highest BCUT2D eigenvalue weighted by atomic mass is 32.2. The van der Waals surface area contributed by atoms with Crippen molar-refractivity contribution in [2.75, 3.05) is 26.2 Å². The van der Waals surface area contributed by atoms with E-state index >= 15 is 0 Å². The Morgan fingerprint density at radius 2 is 1.68 bits per heavy atom. The van der Waals surface area contributed by atoms with Crippen molar-refractivity contribution < 1.29 is 26.9 Å². The molecular formula is C17H15F2N3O5S. The van der Waals surface area contributed by atoms with E-state index in [1.807, 2.05) is 0 Å². The van der Waals surface area contributed by atoms with Crippen LogP contribution >= 0.6 is 0 Å². The van der Waals surface area contributed by atoms with Gasteiger partial charge in [-0.2, -0.15) is 4.31 Å². The Labute approximate surface area is 159 Å². The molecule has 11 heteroatoms. The molecule has 0 aliphatic carbocycles. The molecule has 1 aliphatic rings. The van der Waals surface area contributed by atoms with Gasteiger partial charge in [-0.25, -0.2) is 17.2 Å². The molecule has 3 rings (SSSR count). The Morgan fingerprint density at radius 1 is 1.04 bits per heavy atom. The Morgan fingerprint density at radius 3 is 2.29 bits per heavy atom. The van der Waals surface area contributed by atoms with Crippen LogP contribution < -0.4 is 0 Å². The number of amides is 1. The van der Waals surface area contributed by atoms with E-state index in [0.29, 0.717) is 6.07 Å². The molecule has 1 aliphatic heterocycles. The summed E-state index contributed by atoms with van der Waals surface area (Å²) in [4.78, 5) is 23.6. The lowest BCUT2D eigenvalue weighted by Crippen LogP contribution is -2.50. The average Bonchev–Trinajstić information content (AvgIpc) is 2.67. The minimum absolute atomic E-state index is 0.0322. The number of sulfonamides is 1. The van der Waals surface area contributed by atoms with Crippen molar-refractivity contribution in [3.8, 4) is 0 Å². The summed E-state index contributed by atoms with van der Waals surface area (Å²) in [7, 11) is -4.14. The number of nitro groups is 1. The van der Waals surface area contributed by atoms with Crippen LogP contribution in [0.5, 0.6) is 0 Å². The van der Waals surface area contributed by atoms with Gasteiger partial charge >= 0.3 is 0 Å². The van der Waals surface area contributed by atoms with E-state index in [0.717, 1.165) is 28.6 Å². The van der Waals surface area contributed by atoms with Crippen LogP contribution in [0.3, 0.4) is 0 Å². The SMILES string of the molecule is O=C(c1ccc(F)cc1F)N1CCN(S(=O)(=O)c2ccccc2[N+](=O)[O-])CC1. The molecule has 0 aromatic heterocycles. The lowest BCUT2D eigenvalue weighted by atomic mass is 10.1. The quantitative estimate of drug-likeness (QED) is 0.566. The van der Waals surface area contributed by atoms with Gasteiger partial charge in [0.25, 0.3) is 11.6 Å². The number of para-hydroxylation sites is 1. The average molecular weight is 411 g/mol. The van der Waals surface area contributed by atoms with E-state index in [4.69, 9.17) is 0 Å². The molecule has 28 heavy (non-hydrogen) atoms. The van der Waals surface area contributed by atoms with E-state index in [2.05, 4.69) is 0 Å². The molecule has 0 unspecified atom stereocenters. The molecule has 0 bridgehead atoms. The largest absolute Gasteiger partial charge is 0.336 e. The number of benzene rings is 2. The third kappa shape index (κ3) is 3.71. The number of carbonyl (C=O) groups is 1. The molecule has 148 valence electrons. The Hall–Kier alpha value is -2.92. The highest BCUT2D eigenvalue weighted by molar-refractivity contribution is 7.89. The number of nitro benzene ring substituents is 1. The number of hydrogen-bond acceptors (Lipinski definition) is 5. The first-order valence-electron chi connectivity index (χ1n) is 8.19. The van der Waals surface area contributed by atoms with Crippen LogP contribution in [-0.4, -0.2) is 54.6 Å². The van der Waals surface area contributed by atoms with E-state index < -0.39 is 43.1 Å².